The molecule has 0 amide bonds. The van der Waals surface area contributed by atoms with Crippen LogP contribution in [0.4, 0.5) is 5.69 Å². The second-order valence-electron chi connectivity index (χ2n) is 5.51. The van der Waals surface area contributed by atoms with E-state index in [2.05, 4.69) is 27.8 Å². The van der Waals surface area contributed by atoms with Crippen molar-refractivity contribution in [3.8, 4) is 17.2 Å². The van der Waals surface area contributed by atoms with Crippen molar-refractivity contribution in [3.05, 3.63) is 66.7 Å². The first-order chi connectivity index (χ1) is 12.7. The maximum Gasteiger partial charge on any atom is 0.171 e. The van der Waals surface area contributed by atoms with Gasteiger partial charge in [-0.3, -0.25) is 0 Å². The molecule has 0 unspecified atom stereocenters. The molecule has 2 aromatic carbocycles. The van der Waals surface area contributed by atoms with E-state index >= 15 is 0 Å². The first-order valence-corrected chi connectivity index (χ1v) is 8.44. The summed E-state index contributed by atoms with van der Waals surface area (Å²) in [6, 6.07) is 13.8. The van der Waals surface area contributed by atoms with Crippen LogP contribution in [0.5, 0.6) is 11.5 Å². The SMILES string of the molecule is COc1ccc(NC(=S)NCc2ccc(-n3ccnc3)cc2)cc1OC. The third-order valence-electron chi connectivity index (χ3n) is 3.83. The number of anilines is 1. The van der Waals surface area contributed by atoms with Crippen molar-refractivity contribution >= 4 is 23.0 Å². The van der Waals surface area contributed by atoms with Gasteiger partial charge in [0, 0.05) is 36.4 Å². The van der Waals surface area contributed by atoms with Crippen LogP contribution in [0, 0.1) is 0 Å². The number of hydrogen-bond donors (Lipinski definition) is 2. The monoisotopic (exact) mass is 368 g/mol. The van der Waals surface area contributed by atoms with E-state index in [9.17, 15) is 0 Å². The summed E-state index contributed by atoms with van der Waals surface area (Å²) in [4.78, 5) is 4.05. The van der Waals surface area contributed by atoms with E-state index in [4.69, 9.17) is 21.7 Å². The molecule has 3 rings (SSSR count). The molecule has 0 fully saturated rings. The average Bonchev–Trinajstić information content (AvgIpc) is 3.21. The van der Waals surface area contributed by atoms with Crippen molar-refractivity contribution in [1.29, 1.82) is 0 Å². The van der Waals surface area contributed by atoms with Crippen molar-refractivity contribution in [2.24, 2.45) is 0 Å². The zero-order valence-corrected chi connectivity index (χ0v) is 15.4. The largest absolute Gasteiger partial charge is 0.493 e. The van der Waals surface area contributed by atoms with E-state index in [0.29, 0.717) is 23.2 Å². The Kier molecular flexibility index (Phi) is 5.70. The van der Waals surface area contributed by atoms with Gasteiger partial charge < -0.3 is 24.7 Å². The normalized spacial score (nSPS) is 10.2. The first kappa shape index (κ1) is 17.8. The molecule has 1 heterocycles. The number of imidazole rings is 1. The van der Waals surface area contributed by atoms with Gasteiger partial charge >= 0.3 is 0 Å². The van der Waals surface area contributed by atoms with Crippen molar-refractivity contribution < 1.29 is 9.47 Å². The van der Waals surface area contributed by atoms with Gasteiger partial charge in [0.15, 0.2) is 16.6 Å². The molecule has 0 radical (unpaired) electrons. The summed E-state index contributed by atoms with van der Waals surface area (Å²) in [6.07, 6.45) is 5.44. The minimum atomic E-state index is 0.538. The summed E-state index contributed by atoms with van der Waals surface area (Å²) in [5.74, 6) is 1.32. The average molecular weight is 368 g/mol. The van der Waals surface area contributed by atoms with Crippen molar-refractivity contribution in [3.63, 3.8) is 0 Å². The molecule has 0 saturated carbocycles. The van der Waals surface area contributed by atoms with E-state index in [-0.39, 0.29) is 0 Å². The molecule has 0 aliphatic rings. The van der Waals surface area contributed by atoms with Crippen LogP contribution in [0.1, 0.15) is 5.56 Å². The van der Waals surface area contributed by atoms with Gasteiger partial charge in [-0.2, -0.15) is 0 Å². The molecule has 0 spiro atoms. The summed E-state index contributed by atoms with van der Waals surface area (Å²) in [6.45, 7) is 0.628. The van der Waals surface area contributed by atoms with Gasteiger partial charge in [0.05, 0.1) is 20.5 Å². The third-order valence-corrected chi connectivity index (χ3v) is 4.08. The Morgan fingerprint density at radius 1 is 1.08 bits per heavy atom. The Balaban J connectivity index is 1.55. The molecule has 0 atom stereocenters. The fourth-order valence-corrected chi connectivity index (χ4v) is 2.66. The molecule has 0 aliphatic heterocycles. The van der Waals surface area contributed by atoms with Crippen LogP contribution in [0.2, 0.25) is 0 Å². The van der Waals surface area contributed by atoms with Gasteiger partial charge in [-0.05, 0) is 42.0 Å². The minimum Gasteiger partial charge on any atom is -0.493 e. The smallest absolute Gasteiger partial charge is 0.171 e. The molecule has 0 saturated heterocycles. The number of benzene rings is 2. The van der Waals surface area contributed by atoms with E-state index in [1.54, 1.807) is 26.7 Å². The van der Waals surface area contributed by atoms with Crippen LogP contribution in [-0.4, -0.2) is 28.9 Å². The predicted octanol–water partition coefficient (Wildman–Crippen LogP) is 3.38. The summed E-state index contributed by atoms with van der Waals surface area (Å²) in [7, 11) is 3.21. The molecule has 6 nitrogen and oxygen atoms in total. The summed E-state index contributed by atoms with van der Waals surface area (Å²) in [5.41, 5.74) is 3.03. The fourth-order valence-electron chi connectivity index (χ4n) is 2.47. The fraction of sp³-hybridized carbons (Fsp3) is 0.158. The highest BCUT2D eigenvalue weighted by Gasteiger charge is 2.06. The molecule has 0 aliphatic carbocycles. The Bertz CT molecular complexity index is 864. The lowest BCUT2D eigenvalue weighted by Gasteiger charge is -2.13. The molecule has 2 N–H and O–H groups in total. The van der Waals surface area contributed by atoms with Crippen molar-refractivity contribution in [2.45, 2.75) is 6.54 Å². The van der Waals surface area contributed by atoms with Gasteiger partial charge in [-0.25, -0.2) is 4.98 Å². The molecule has 1 aromatic heterocycles. The van der Waals surface area contributed by atoms with Crippen LogP contribution in [0.15, 0.2) is 61.2 Å². The zero-order valence-electron chi connectivity index (χ0n) is 14.6. The number of rotatable bonds is 6. The summed E-state index contributed by atoms with van der Waals surface area (Å²) < 4.78 is 12.5. The Labute approximate surface area is 157 Å². The van der Waals surface area contributed by atoms with Crippen LogP contribution in [0.25, 0.3) is 5.69 Å². The van der Waals surface area contributed by atoms with Gasteiger partial charge in [-0.15, -0.1) is 0 Å². The molecule has 7 heteroatoms. The Morgan fingerprint density at radius 3 is 2.50 bits per heavy atom. The second-order valence-corrected chi connectivity index (χ2v) is 5.92. The van der Waals surface area contributed by atoms with Gasteiger partial charge in [0.1, 0.15) is 0 Å². The van der Waals surface area contributed by atoms with Crippen LogP contribution in [0.3, 0.4) is 0 Å². The molecule has 0 bridgehead atoms. The number of aromatic nitrogens is 2. The number of nitrogens with one attached hydrogen (secondary N) is 2. The maximum atomic E-state index is 5.36. The van der Waals surface area contributed by atoms with Crippen LogP contribution >= 0.6 is 12.2 Å². The lowest BCUT2D eigenvalue weighted by atomic mass is 10.2. The highest BCUT2D eigenvalue weighted by Crippen LogP contribution is 2.29. The number of hydrogen-bond acceptors (Lipinski definition) is 4. The topological polar surface area (TPSA) is 60.3 Å². The maximum absolute atomic E-state index is 5.36. The molecular weight excluding hydrogens is 348 g/mol. The Hall–Kier alpha value is -3.06. The number of ether oxygens (including phenoxy) is 2. The van der Waals surface area contributed by atoms with E-state index in [0.717, 1.165) is 16.9 Å². The highest BCUT2D eigenvalue weighted by atomic mass is 32.1. The van der Waals surface area contributed by atoms with E-state index in [1.165, 1.54) is 0 Å². The first-order valence-electron chi connectivity index (χ1n) is 8.04. The lowest BCUT2D eigenvalue weighted by Crippen LogP contribution is -2.27. The third kappa shape index (κ3) is 4.31. The van der Waals surface area contributed by atoms with Crippen molar-refractivity contribution in [1.82, 2.24) is 14.9 Å². The van der Waals surface area contributed by atoms with E-state index in [1.807, 2.05) is 41.1 Å². The standard InChI is InChI=1S/C19H20N4O2S/c1-24-17-8-5-15(11-18(17)25-2)22-19(26)21-12-14-3-6-16(7-4-14)23-10-9-20-13-23/h3-11,13H,12H2,1-2H3,(H2,21,22,26). The van der Waals surface area contributed by atoms with Crippen molar-refractivity contribution in [2.75, 3.05) is 19.5 Å². The summed E-state index contributed by atoms with van der Waals surface area (Å²) in [5, 5.41) is 6.88. The van der Waals surface area contributed by atoms with Crippen LogP contribution in [-0.2, 0) is 6.54 Å². The summed E-state index contributed by atoms with van der Waals surface area (Å²) >= 11 is 5.36. The predicted molar refractivity (Wildman–Crippen MR) is 106 cm³/mol. The van der Waals surface area contributed by atoms with Gasteiger partial charge in [0.2, 0.25) is 0 Å². The molecule has 134 valence electrons. The molecule has 3 aromatic rings. The van der Waals surface area contributed by atoms with Gasteiger partial charge in [-0.1, -0.05) is 12.1 Å². The molecule has 26 heavy (non-hydrogen) atoms. The quantitative estimate of drug-likeness (QED) is 0.651. The Morgan fingerprint density at radius 2 is 1.85 bits per heavy atom. The van der Waals surface area contributed by atoms with E-state index < -0.39 is 0 Å². The minimum absolute atomic E-state index is 0.538. The number of methoxy groups -OCH3 is 2. The number of nitrogens with zero attached hydrogens (tertiary/aromatic N) is 2. The van der Waals surface area contributed by atoms with Crippen LogP contribution < -0.4 is 20.1 Å². The van der Waals surface area contributed by atoms with Gasteiger partial charge in [0.25, 0.3) is 0 Å². The second kappa shape index (κ2) is 8.35. The highest BCUT2D eigenvalue weighted by molar-refractivity contribution is 7.80. The zero-order chi connectivity index (χ0) is 18.4. The lowest BCUT2D eigenvalue weighted by molar-refractivity contribution is 0.355. The molecular formula is C19H20N4O2S. The number of thiocarbonyl (C=S) groups is 1.